The molecule has 15 heavy (non-hydrogen) atoms. The number of rotatable bonds is 3. The van der Waals surface area contributed by atoms with Gasteiger partial charge in [0.25, 0.3) is 0 Å². The standard InChI is InChI=1S/C9H10N2O3S/c12-5-11-6(8-10-3-4-15-8)1-2-7(11)9(13)14/h3-7H,1-2H2,(H,13,14). The van der Waals surface area contributed by atoms with Gasteiger partial charge in [-0.15, -0.1) is 11.3 Å². The zero-order valence-corrected chi connectivity index (χ0v) is 8.68. The molecule has 0 spiro atoms. The monoisotopic (exact) mass is 226 g/mol. The molecular weight excluding hydrogens is 216 g/mol. The molecule has 1 aliphatic rings. The number of nitrogens with zero attached hydrogens (tertiary/aromatic N) is 2. The molecule has 1 aromatic rings. The number of carbonyl (C=O) groups excluding carboxylic acids is 1. The number of thiazole rings is 1. The highest BCUT2D eigenvalue weighted by Gasteiger charge is 2.38. The molecule has 80 valence electrons. The molecule has 1 N–H and O–H groups in total. The Morgan fingerprint density at radius 3 is 3.00 bits per heavy atom. The lowest BCUT2D eigenvalue weighted by Gasteiger charge is -2.21. The largest absolute Gasteiger partial charge is 0.480 e. The van der Waals surface area contributed by atoms with E-state index in [-0.39, 0.29) is 6.04 Å². The van der Waals surface area contributed by atoms with Gasteiger partial charge in [-0.25, -0.2) is 9.78 Å². The second-order valence-electron chi connectivity index (χ2n) is 3.37. The molecule has 2 heterocycles. The van der Waals surface area contributed by atoms with Crippen LogP contribution in [0.4, 0.5) is 0 Å². The average molecular weight is 226 g/mol. The van der Waals surface area contributed by atoms with Crippen LogP contribution >= 0.6 is 11.3 Å². The van der Waals surface area contributed by atoms with Crippen LogP contribution in [0.2, 0.25) is 0 Å². The summed E-state index contributed by atoms with van der Waals surface area (Å²) in [6.07, 6.45) is 3.44. The van der Waals surface area contributed by atoms with Gasteiger partial charge in [0.15, 0.2) is 0 Å². The van der Waals surface area contributed by atoms with Gasteiger partial charge in [-0.05, 0) is 12.8 Å². The molecule has 2 atom stereocenters. The molecule has 1 amide bonds. The van der Waals surface area contributed by atoms with Gasteiger partial charge in [-0.1, -0.05) is 0 Å². The summed E-state index contributed by atoms with van der Waals surface area (Å²) in [6, 6.07) is -0.861. The number of carbonyl (C=O) groups is 2. The lowest BCUT2D eigenvalue weighted by Crippen LogP contribution is -2.36. The molecule has 2 rings (SSSR count). The molecule has 0 aromatic carbocycles. The number of carboxylic acid groups (broad SMARTS) is 1. The number of hydrogen-bond acceptors (Lipinski definition) is 4. The predicted molar refractivity (Wildman–Crippen MR) is 53.4 cm³/mol. The highest BCUT2D eigenvalue weighted by atomic mass is 32.1. The number of amides is 1. The molecule has 6 heteroatoms. The van der Waals surface area contributed by atoms with Crippen molar-refractivity contribution in [3.63, 3.8) is 0 Å². The van der Waals surface area contributed by atoms with Crippen molar-refractivity contribution in [2.75, 3.05) is 0 Å². The van der Waals surface area contributed by atoms with Crippen molar-refractivity contribution >= 4 is 23.7 Å². The molecule has 0 bridgehead atoms. The van der Waals surface area contributed by atoms with E-state index in [1.165, 1.54) is 16.2 Å². The molecule has 0 radical (unpaired) electrons. The first kappa shape index (κ1) is 10.1. The summed E-state index contributed by atoms with van der Waals surface area (Å²) < 4.78 is 0. The molecule has 5 nitrogen and oxygen atoms in total. The normalized spacial score (nSPS) is 25.5. The number of carboxylic acids is 1. The first-order chi connectivity index (χ1) is 7.24. The van der Waals surface area contributed by atoms with Gasteiger partial charge in [0.05, 0.1) is 6.04 Å². The van der Waals surface area contributed by atoms with E-state index in [0.29, 0.717) is 19.3 Å². The summed E-state index contributed by atoms with van der Waals surface area (Å²) >= 11 is 1.45. The molecule has 1 fully saturated rings. The molecule has 1 aromatic heterocycles. The van der Waals surface area contributed by atoms with Crippen LogP contribution in [0.3, 0.4) is 0 Å². The van der Waals surface area contributed by atoms with Crippen LogP contribution in [0.15, 0.2) is 11.6 Å². The Hall–Kier alpha value is -1.43. The third kappa shape index (κ3) is 1.72. The van der Waals surface area contributed by atoms with Crippen molar-refractivity contribution in [3.8, 4) is 0 Å². The van der Waals surface area contributed by atoms with Crippen molar-refractivity contribution in [3.05, 3.63) is 16.6 Å². The third-order valence-electron chi connectivity index (χ3n) is 2.58. The fourth-order valence-corrected chi connectivity index (χ4v) is 2.66. The van der Waals surface area contributed by atoms with E-state index in [1.807, 2.05) is 5.38 Å². The van der Waals surface area contributed by atoms with Crippen molar-refractivity contribution < 1.29 is 14.7 Å². The molecule has 1 aliphatic heterocycles. The minimum absolute atomic E-state index is 0.163. The van der Waals surface area contributed by atoms with Crippen LogP contribution in [-0.2, 0) is 9.59 Å². The van der Waals surface area contributed by atoms with E-state index in [9.17, 15) is 9.59 Å². The number of aliphatic carboxylic acids is 1. The van der Waals surface area contributed by atoms with Crippen molar-refractivity contribution in [2.45, 2.75) is 24.9 Å². The van der Waals surface area contributed by atoms with Crippen molar-refractivity contribution in [1.29, 1.82) is 0 Å². The molecule has 1 saturated heterocycles. The van der Waals surface area contributed by atoms with E-state index in [0.717, 1.165) is 5.01 Å². The van der Waals surface area contributed by atoms with Gasteiger partial charge in [-0.3, -0.25) is 4.79 Å². The maximum absolute atomic E-state index is 10.9. The second-order valence-corrected chi connectivity index (χ2v) is 4.30. The highest BCUT2D eigenvalue weighted by Crippen LogP contribution is 2.35. The average Bonchev–Trinajstić information content (AvgIpc) is 2.85. The smallest absolute Gasteiger partial charge is 0.326 e. The van der Waals surface area contributed by atoms with E-state index < -0.39 is 12.0 Å². The highest BCUT2D eigenvalue weighted by molar-refractivity contribution is 7.09. The van der Waals surface area contributed by atoms with Gasteiger partial charge in [0.1, 0.15) is 11.0 Å². The third-order valence-corrected chi connectivity index (χ3v) is 3.45. The lowest BCUT2D eigenvalue weighted by atomic mass is 10.2. The van der Waals surface area contributed by atoms with Crippen LogP contribution in [0.5, 0.6) is 0 Å². The molecule has 0 aliphatic carbocycles. The van der Waals surface area contributed by atoms with Crippen LogP contribution in [0.25, 0.3) is 0 Å². The van der Waals surface area contributed by atoms with Gasteiger partial charge in [0, 0.05) is 11.6 Å². The number of hydrogen-bond donors (Lipinski definition) is 1. The Morgan fingerprint density at radius 2 is 2.47 bits per heavy atom. The van der Waals surface area contributed by atoms with Gasteiger partial charge in [0.2, 0.25) is 6.41 Å². The molecular formula is C9H10N2O3S. The van der Waals surface area contributed by atoms with E-state index in [4.69, 9.17) is 5.11 Å². The van der Waals surface area contributed by atoms with Gasteiger partial charge in [-0.2, -0.15) is 0 Å². The Kier molecular flexibility index (Phi) is 2.68. The van der Waals surface area contributed by atoms with Crippen molar-refractivity contribution in [2.24, 2.45) is 0 Å². The van der Waals surface area contributed by atoms with E-state index in [2.05, 4.69) is 4.98 Å². The lowest BCUT2D eigenvalue weighted by molar-refractivity contribution is -0.145. The number of likely N-dealkylation sites (tertiary alicyclic amines) is 1. The summed E-state index contributed by atoms with van der Waals surface area (Å²) in [7, 11) is 0. The second kappa shape index (κ2) is 3.98. The summed E-state index contributed by atoms with van der Waals surface area (Å²) in [5.41, 5.74) is 0. The minimum atomic E-state index is -0.943. The van der Waals surface area contributed by atoms with Crippen molar-refractivity contribution in [1.82, 2.24) is 9.88 Å². The quantitative estimate of drug-likeness (QED) is 0.777. The first-order valence-corrected chi connectivity index (χ1v) is 5.47. The topological polar surface area (TPSA) is 70.5 Å². The summed E-state index contributed by atoms with van der Waals surface area (Å²) in [4.78, 5) is 27.2. The Morgan fingerprint density at radius 1 is 1.67 bits per heavy atom. The predicted octanol–water partition coefficient (Wildman–Crippen LogP) is 0.890. The van der Waals surface area contributed by atoms with Gasteiger partial charge < -0.3 is 10.0 Å². The maximum Gasteiger partial charge on any atom is 0.326 e. The van der Waals surface area contributed by atoms with E-state index in [1.54, 1.807) is 6.20 Å². The minimum Gasteiger partial charge on any atom is -0.480 e. The zero-order chi connectivity index (χ0) is 10.8. The fourth-order valence-electron chi connectivity index (χ4n) is 1.88. The molecule has 2 unspecified atom stereocenters. The SMILES string of the molecule is O=CN1C(C(=O)O)CCC1c1nccs1. The van der Waals surface area contributed by atoms with Crippen LogP contribution < -0.4 is 0 Å². The zero-order valence-electron chi connectivity index (χ0n) is 7.87. The van der Waals surface area contributed by atoms with Crippen LogP contribution in [-0.4, -0.2) is 33.4 Å². The van der Waals surface area contributed by atoms with Crippen LogP contribution in [0.1, 0.15) is 23.9 Å². The van der Waals surface area contributed by atoms with Crippen LogP contribution in [0, 0.1) is 0 Å². The number of aromatic nitrogens is 1. The fraction of sp³-hybridized carbons (Fsp3) is 0.444. The Bertz CT molecular complexity index is 365. The Labute approximate surface area is 90.4 Å². The first-order valence-electron chi connectivity index (χ1n) is 4.59. The van der Waals surface area contributed by atoms with E-state index >= 15 is 0 Å². The maximum atomic E-state index is 10.9. The summed E-state index contributed by atoms with van der Waals surface area (Å²) in [6.45, 7) is 0. The molecule has 0 saturated carbocycles. The summed E-state index contributed by atoms with van der Waals surface area (Å²) in [5, 5.41) is 11.5. The summed E-state index contributed by atoms with van der Waals surface area (Å²) in [5.74, 6) is -0.943. The Balaban J connectivity index is 2.22. The van der Waals surface area contributed by atoms with Gasteiger partial charge >= 0.3 is 5.97 Å².